The van der Waals surface area contributed by atoms with Crippen LogP contribution in [0.5, 0.6) is 0 Å². The third-order valence-electron chi connectivity index (χ3n) is 3.09. The Labute approximate surface area is 170 Å². The molecule has 3 rings (SSSR count). The Morgan fingerprint density at radius 2 is 1.28 bits per heavy atom. The molecule has 1 aliphatic heterocycles. The summed E-state index contributed by atoms with van der Waals surface area (Å²) in [5, 5.41) is 16.1. The minimum Gasteiger partial charge on any atom is -0.478 e. The first-order valence-corrected chi connectivity index (χ1v) is 8.47. The van der Waals surface area contributed by atoms with Crippen LogP contribution in [0.15, 0.2) is 86.5 Å². The molecule has 0 radical (unpaired) electrons. The maximum atomic E-state index is 10.1. The molecule has 29 heavy (non-hydrogen) atoms. The number of carboxylic acid groups (broad SMARTS) is 1. The number of hydrogen-bond donors (Lipinski definition) is 2. The summed E-state index contributed by atoms with van der Waals surface area (Å²) in [7, 11) is 0. The Morgan fingerprint density at radius 1 is 0.897 bits per heavy atom. The van der Waals surface area contributed by atoms with Gasteiger partial charge in [0.2, 0.25) is 0 Å². The molecule has 2 aromatic carbocycles. The highest BCUT2D eigenvalue weighted by Gasteiger charge is 2.30. The van der Waals surface area contributed by atoms with Gasteiger partial charge in [0.05, 0.1) is 6.42 Å². The zero-order chi connectivity index (χ0) is 22.1. The smallest absolute Gasteiger partial charge is 0.343 e. The van der Waals surface area contributed by atoms with Gasteiger partial charge in [0, 0.05) is 6.08 Å². The third kappa shape index (κ3) is 13.1. The average Bonchev–Trinajstić information content (AvgIpc) is 3.05. The van der Waals surface area contributed by atoms with E-state index in [1.165, 1.54) is 11.1 Å². The van der Waals surface area contributed by atoms with Crippen molar-refractivity contribution in [3.63, 3.8) is 0 Å². The van der Waals surface area contributed by atoms with E-state index in [4.69, 9.17) is 10.2 Å². The lowest BCUT2D eigenvalue weighted by molar-refractivity contribution is -0.154. The quantitative estimate of drug-likeness (QED) is 0.466. The van der Waals surface area contributed by atoms with Gasteiger partial charge in [0.15, 0.2) is 6.10 Å². The van der Waals surface area contributed by atoms with E-state index < -0.39 is 24.0 Å². The van der Waals surface area contributed by atoms with Gasteiger partial charge in [-0.2, -0.15) is 0 Å². The monoisotopic (exact) mass is 396 g/mol. The van der Waals surface area contributed by atoms with Gasteiger partial charge in [-0.15, -0.1) is 0 Å². The van der Waals surface area contributed by atoms with Crippen LogP contribution >= 0.6 is 0 Å². The number of hydrogen-bond acceptors (Lipinski definition) is 5. The number of aliphatic hydroxyl groups excluding tert-OH is 1. The third-order valence-corrected chi connectivity index (χ3v) is 3.09. The first-order valence-electron chi connectivity index (χ1n) is 8.47. The minimum atomic E-state index is -1.22. The molecule has 2 N–H and O–H groups in total. The molecule has 1 unspecified atom stereocenters. The molecule has 0 aromatic heterocycles. The zero-order valence-corrected chi connectivity index (χ0v) is 15.9. The highest BCUT2D eigenvalue weighted by molar-refractivity contribution is 5.95. The van der Waals surface area contributed by atoms with Crippen LogP contribution in [0.4, 0.5) is 0 Å². The van der Waals surface area contributed by atoms with Gasteiger partial charge < -0.3 is 14.9 Å². The molecular formula is C23H24O6. The Morgan fingerprint density at radius 3 is 1.41 bits per heavy atom. The second-order valence-electron chi connectivity index (χ2n) is 5.29. The summed E-state index contributed by atoms with van der Waals surface area (Å²) in [4.78, 5) is 29.4. The van der Waals surface area contributed by atoms with Crippen LogP contribution in [0, 0.1) is 0 Å². The van der Waals surface area contributed by atoms with E-state index in [0.717, 1.165) is 6.08 Å². The number of ether oxygens (including phenoxy) is 1. The van der Waals surface area contributed by atoms with Gasteiger partial charge in [-0.3, -0.25) is 4.79 Å². The molecule has 0 aliphatic carbocycles. The Bertz CT molecular complexity index is 753. The number of cyclic esters (lactones) is 2. The summed E-state index contributed by atoms with van der Waals surface area (Å²) >= 11 is 0. The van der Waals surface area contributed by atoms with Crippen LogP contribution in [0.25, 0.3) is 12.2 Å². The standard InChI is InChI=1S/2C8H8.C4H4O4.C3H4O2/c2*1-2-8-6-4-3-5-7-8;5-2-1-3(6)8-4(2)7;1-2-3(4)5/h2*2-7H,1H2;2,5H,1H2;2H,1H2,(H,4,5). The molecule has 1 saturated heterocycles. The van der Waals surface area contributed by atoms with Gasteiger partial charge in [0.25, 0.3) is 0 Å². The molecule has 6 nitrogen and oxygen atoms in total. The van der Waals surface area contributed by atoms with E-state index in [9.17, 15) is 14.4 Å². The largest absolute Gasteiger partial charge is 0.478 e. The molecule has 1 atom stereocenters. The summed E-state index contributed by atoms with van der Waals surface area (Å²) in [6.45, 7) is 10.2. The van der Waals surface area contributed by atoms with Crippen molar-refractivity contribution in [3.05, 3.63) is 97.6 Å². The van der Waals surface area contributed by atoms with Crippen LogP contribution in [0.3, 0.4) is 0 Å². The zero-order valence-electron chi connectivity index (χ0n) is 15.9. The van der Waals surface area contributed by atoms with E-state index >= 15 is 0 Å². The van der Waals surface area contributed by atoms with Crippen LogP contribution < -0.4 is 0 Å². The lowest BCUT2D eigenvalue weighted by atomic mass is 10.2. The summed E-state index contributed by atoms with van der Waals surface area (Å²) < 4.78 is 3.95. The molecule has 0 saturated carbocycles. The molecule has 0 bridgehead atoms. The molecular weight excluding hydrogens is 372 g/mol. The molecule has 2 aromatic rings. The molecule has 152 valence electrons. The van der Waals surface area contributed by atoms with Crippen molar-refractivity contribution in [2.24, 2.45) is 0 Å². The number of aliphatic carboxylic acids is 1. The Balaban J connectivity index is 0.000000367. The number of aliphatic hydroxyl groups is 1. The average molecular weight is 396 g/mol. The minimum absolute atomic E-state index is 0.196. The van der Waals surface area contributed by atoms with Crippen LogP contribution in [0.1, 0.15) is 17.5 Å². The molecule has 1 aliphatic rings. The number of carboxylic acids is 1. The van der Waals surface area contributed by atoms with Crippen molar-refractivity contribution in [2.75, 3.05) is 0 Å². The van der Waals surface area contributed by atoms with Gasteiger partial charge >= 0.3 is 17.9 Å². The Kier molecular flexibility index (Phi) is 13.3. The predicted molar refractivity (Wildman–Crippen MR) is 113 cm³/mol. The number of esters is 2. The topological polar surface area (TPSA) is 101 Å². The second-order valence-corrected chi connectivity index (χ2v) is 5.29. The van der Waals surface area contributed by atoms with Crippen molar-refractivity contribution in [1.82, 2.24) is 0 Å². The van der Waals surface area contributed by atoms with Gasteiger partial charge in [-0.25, -0.2) is 9.59 Å². The highest BCUT2D eigenvalue weighted by atomic mass is 16.6. The predicted octanol–water partition coefficient (Wildman–Crippen LogP) is 3.74. The number of carbonyl (C=O) groups is 3. The summed E-state index contributed by atoms with van der Waals surface area (Å²) in [5.74, 6) is -2.47. The summed E-state index contributed by atoms with van der Waals surface area (Å²) in [6.07, 6.45) is 3.08. The maximum Gasteiger partial charge on any atom is 0.343 e. The van der Waals surface area contributed by atoms with Gasteiger partial charge in [-0.05, 0) is 11.1 Å². The van der Waals surface area contributed by atoms with Crippen molar-refractivity contribution in [3.8, 4) is 0 Å². The van der Waals surface area contributed by atoms with E-state index in [-0.39, 0.29) is 6.42 Å². The normalized spacial score (nSPS) is 13.6. The highest BCUT2D eigenvalue weighted by Crippen LogP contribution is 2.05. The van der Waals surface area contributed by atoms with E-state index in [1.807, 2.05) is 72.8 Å². The summed E-state index contributed by atoms with van der Waals surface area (Å²) in [5.41, 5.74) is 2.35. The number of carbonyl (C=O) groups excluding carboxylic acids is 2. The van der Waals surface area contributed by atoms with Crippen molar-refractivity contribution in [2.45, 2.75) is 12.5 Å². The fraction of sp³-hybridized carbons (Fsp3) is 0.0870. The van der Waals surface area contributed by atoms with Crippen molar-refractivity contribution < 1.29 is 29.3 Å². The fourth-order valence-corrected chi connectivity index (χ4v) is 1.64. The van der Waals surface area contributed by atoms with E-state index in [2.05, 4.69) is 24.5 Å². The molecule has 6 heteroatoms. The molecule has 1 fully saturated rings. The van der Waals surface area contributed by atoms with Crippen molar-refractivity contribution >= 4 is 30.1 Å². The second kappa shape index (κ2) is 15.3. The molecule has 0 amide bonds. The maximum absolute atomic E-state index is 10.1. The van der Waals surface area contributed by atoms with Crippen LogP contribution in [-0.4, -0.2) is 34.2 Å². The number of rotatable bonds is 3. The van der Waals surface area contributed by atoms with Gasteiger partial charge in [-0.1, -0.05) is 92.6 Å². The Hall–Kier alpha value is -3.77. The molecule has 0 spiro atoms. The van der Waals surface area contributed by atoms with E-state index in [0.29, 0.717) is 0 Å². The van der Waals surface area contributed by atoms with Crippen LogP contribution in [-0.2, 0) is 19.1 Å². The summed E-state index contributed by atoms with van der Waals surface area (Å²) in [6, 6.07) is 20.1. The van der Waals surface area contributed by atoms with Crippen molar-refractivity contribution in [1.29, 1.82) is 0 Å². The first kappa shape index (κ1) is 25.2. The fourth-order valence-electron chi connectivity index (χ4n) is 1.64. The number of benzene rings is 2. The SMILES string of the molecule is C=CC(=O)O.C=Cc1ccccc1.C=Cc1ccccc1.O=C1CC(O)C(=O)O1. The lowest BCUT2D eigenvalue weighted by Gasteiger charge is -1.86. The first-order chi connectivity index (χ1) is 13.8. The molecule has 1 heterocycles. The van der Waals surface area contributed by atoms with E-state index in [1.54, 1.807) is 0 Å². The van der Waals surface area contributed by atoms with Crippen LogP contribution in [0.2, 0.25) is 0 Å². The van der Waals surface area contributed by atoms with Gasteiger partial charge in [0.1, 0.15) is 0 Å². The lowest BCUT2D eigenvalue weighted by Crippen LogP contribution is -2.11.